The number of ether oxygens (including phenoxy) is 1. The van der Waals surface area contributed by atoms with Crippen molar-refractivity contribution in [3.8, 4) is 5.88 Å². The summed E-state index contributed by atoms with van der Waals surface area (Å²) in [5, 5.41) is 0. The highest BCUT2D eigenvalue weighted by molar-refractivity contribution is 5.97. The van der Waals surface area contributed by atoms with E-state index in [2.05, 4.69) is 25.9 Å². The summed E-state index contributed by atoms with van der Waals surface area (Å²) in [6.45, 7) is 3.03. The number of nitrogens with zero attached hydrogens (tertiary/aromatic N) is 4. The van der Waals surface area contributed by atoms with Crippen molar-refractivity contribution >= 4 is 5.71 Å². The van der Waals surface area contributed by atoms with Crippen LogP contribution in [0.3, 0.4) is 0 Å². The molecule has 2 aliphatic heterocycles. The molecular formula is C23H29N5O2. The van der Waals surface area contributed by atoms with Crippen molar-refractivity contribution < 1.29 is 4.74 Å². The van der Waals surface area contributed by atoms with Crippen molar-refractivity contribution in [3.63, 3.8) is 0 Å². The summed E-state index contributed by atoms with van der Waals surface area (Å²) in [4.78, 5) is 31.9. The van der Waals surface area contributed by atoms with Crippen LogP contribution in [-0.4, -0.2) is 44.8 Å². The van der Waals surface area contributed by atoms with E-state index < -0.39 is 0 Å². The Hall–Kier alpha value is -2.54. The fourth-order valence-electron chi connectivity index (χ4n) is 4.70. The van der Waals surface area contributed by atoms with E-state index >= 15 is 0 Å². The van der Waals surface area contributed by atoms with E-state index in [0.717, 1.165) is 86.6 Å². The molecule has 0 spiro atoms. The lowest BCUT2D eigenvalue weighted by molar-refractivity contribution is 0.190. The molecule has 0 radical (unpaired) electrons. The van der Waals surface area contributed by atoms with Crippen LogP contribution in [0.1, 0.15) is 67.6 Å². The number of aliphatic imine (C=N–C) groups is 1. The lowest BCUT2D eigenvalue weighted by Gasteiger charge is -2.28. The minimum absolute atomic E-state index is 0.0263. The molecule has 0 unspecified atom stereocenters. The number of pyridine rings is 1. The summed E-state index contributed by atoms with van der Waals surface area (Å²) in [5.41, 5.74) is 3.72. The standard InChI is InChI=1S/C23H29N5O2/c29-22-18-15-28(13-10-19(18)26-21(27-22)20-9-3-4-11-24-20)14-16-6-5-12-25-23(16)30-17-7-1-2-8-17/h5-6,12,17H,1-4,7-11,13-15H2,(H,26,27,29). The molecule has 0 saturated heterocycles. The van der Waals surface area contributed by atoms with Gasteiger partial charge in [0.25, 0.3) is 5.56 Å². The highest BCUT2D eigenvalue weighted by Crippen LogP contribution is 2.26. The van der Waals surface area contributed by atoms with Crippen LogP contribution in [0.5, 0.6) is 5.88 Å². The molecule has 1 fully saturated rings. The molecule has 0 bridgehead atoms. The zero-order valence-corrected chi connectivity index (χ0v) is 17.4. The quantitative estimate of drug-likeness (QED) is 0.824. The molecule has 0 aromatic carbocycles. The number of rotatable bonds is 5. The first kappa shape index (κ1) is 19.4. The number of H-pyrrole nitrogens is 1. The third-order valence-electron chi connectivity index (χ3n) is 6.37. The van der Waals surface area contributed by atoms with E-state index in [0.29, 0.717) is 12.4 Å². The summed E-state index contributed by atoms with van der Waals surface area (Å²) in [6.07, 6.45) is 10.7. The third-order valence-corrected chi connectivity index (χ3v) is 6.37. The van der Waals surface area contributed by atoms with Gasteiger partial charge >= 0.3 is 0 Å². The Morgan fingerprint density at radius 1 is 1.17 bits per heavy atom. The van der Waals surface area contributed by atoms with Gasteiger partial charge in [0, 0.05) is 44.4 Å². The Balaban J connectivity index is 1.32. The van der Waals surface area contributed by atoms with E-state index in [9.17, 15) is 4.79 Å². The van der Waals surface area contributed by atoms with Crippen LogP contribution in [0.2, 0.25) is 0 Å². The number of aromatic nitrogens is 3. The predicted molar refractivity (Wildman–Crippen MR) is 115 cm³/mol. The van der Waals surface area contributed by atoms with Crippen molar-refractivity contribution in [2.45, 2.75) is 70.6 Å². The highest BCUT2D eigenvalue weighted by Gasteiger charge is 2.24. The van der Waals surface area contributed by atoms with E-state index in [1.165, 1.54) is 12.8 Å². The van der Waals surface area contributed by atoms with Crippen LogP contribution in [0.25, 0.3) is 0 Å². The second-order valence-corrected chi connectivity index (χ2v) is 8.58. The van der Waals surface area contributed by atoms with Crippen molar-refractivity contribution in [2.24, 2.45) is 4.99 Å². The molecule has 0 atom stereocenters. The summed E-state index contributed by atoms with van der Waals surface area (Å²) >= 11 is 0. The van der Waals surface area contributed by atoms with Gasteiger partial charge in [-0.25, -0.2) is 9.97 Å². The second-order valence-electron chi connectivity index (χ2n) is 8.58. The summed E-state index contributed by atoms with van der Waals surface area (Å²) in [7, 11) is 0. The molecule has 1 aliphatic carbocycles. The SMILES string of the molecule is O=c1[nH]c(C2=NCCCC2)nc2c1CN(Cc1cccnc1OC1CCCC1)CC2. The first-order valence-corrected chi connectivity index (χ1v) is 11.2. The van der Waals surface area contributed by atoms with E-state index in [1.807, 2.05) is 6.07 Å². The van der Waals surface area contributed by atoms with Crippen LogP contribution in [0.4, 0.5) is 0 Å². The fourth-order valence-corrected chi connectivity index (χ4v) is 4.70. The molecule has 7 nitrogen and oxygen atoms in total. The largest absolute Gasteiger partial charge is 0.474 e. The van der Waals surface area contributed by atoms with Gasteiger partial charge in [-0.3, -0.25) is 14.7 Å². The Labute approximate surface area is 176 Å². The van der Waals surface area contributed by atoms with Gasteiger partial charge in [0.15, 0.2) is 5.82 Å². The fraction of sp³-hybridized carbons (Fsp3) is 0.565. The number of hydrogen-bond acceptors (Lipinski definition) is 6. The van der Waals surface area contributed by atoms with Crippen molar-refractivity contribution in [1.82, 2.24) is 19.9 Å². The second kappa shape index (κ2) is 8.68. The molecule has 0 amide bonds. The van der Waals surface area contributed by atoms with E-state index in [1.54, 1.807) is 6.20 Å². The lowest BCUT2D eigenvalue weighted by atomic mass is 10.0. The predicted octanol–water partition coefficient (Wildman–Crippen LogP) is 3.02. The van der Waals surface area contributed by atoms with Gasteiger partial charge in [0.05, 0.1) is 17.0 Å². The van der Waals surface area contributed by atoms with Crippen molar-refractivity contribution in [3.05, 3.63) is 51.3 Å². The lowest BCUT2D eigenvalue weighted by Crippen LogP contribution is -2.36. The van der Waals surface area contributed by atoms with Crippen molar-refractivity contribution in [2.75, 3.05) is 13.1 Å². The molecule has 1 N–H and O–H groups in total. The number of nitrogens with one attached hydrogen (secondary N) is 1. The van der Waals surface area contributed by atoms with Crippen LogP contribution in [0, 0.1) is 0 Å². The number of hydrogen-bond donors (Lipinski definition) is 1. The summed E-state index contributed by atoms with van der Waals surface area (Å²) < 4.78 is 6.19. The highest BCUT2D eigenvalue weighted by atomic mass is 16.5. The third kappa shape index (κ3) is 4.17. The van der Waals surface area contributed by atoms with Crippen LogP contribution in [-0.2, 0) is 19.5 Å². The van der Waals surface area contributed by atoms with Gasteiger partial charge in [0.2, 0.25) is 5.88 Å². The van der Waals surface area contributed by atoms with E-state index in [4.69, 9.17) is 9.72 Å². The molecule has 3 aliphatic rings. The molecule has 7 heteroatoms. The Morgan fingerprint density at radius 3 is 2.90 bits per heavy atom. The minimum atomic E-state index is -0.0263. The molecule has 2 aromatic rings. The normalized spacial score (nSPS) is 20.1. The molecule has 30 heavy (non-hydrogen) atoms. The van der Waals surface area contributed by atoms with E-state index in [-0.39, 0.29) is 11.7 Å². The Morgan fingerprint density at radius 2 is 2.07 bits per heavy atom. The first-order valence-electron chi connectivity index (χ1n) is 11.2. The van der Waals surface area contributed by atoms with Gasteiger partial charge in [-0.2, -0.15) is 0 Å². The smallest absolute Gasteiger partial charge is 0.255 e. The number of fused-ring (bicyclic) bond motifs is 1. The molecule has 158 valence electrons. The summed E-state index contributed by atoms with van der Waals surface area (Å²) in [5.74, 6) is 1.42. The maximum atomic E-state index is 12.8. The van der Waals surface area contributed by atoms with Crippen LogP contribution >= 0.6 is 0 Å². The Kier molecular flexibility index (Phi) is 5.62. The summed E-state index contributed by atoms with van der Waals surface area (Å²) in [6, 6.07) is 4.04. The monoisotopic (exact) mass is 407 g/mol. The first-order chi connectivity index (χ1) is 14.8. The van der Waals surface area contributed by atoms with Crippen molar-refractivity contribution in [1.29, 1.82) is 0 Å². The molecular weight excluding hydrogens is 378 g/mol. The molecule has 2 aromatic heterocycles. The maximum absolute atomic E-state index is 12.8. The van der Waals surface area contributed by atoms with Crippen LogP contribution < -0.4 is 10.3 Å². The molecule has 1 saturated carbocycles. The topological polar surface area (TPSA) is 83.5 Å². The molecule has 4 heterocycles. The zero-order valence-electron chi connectivity index (χ0n) is 17.4. The average Bonchev–Trinajstić information content (AvgIpc) is 3.29. The van der Waals surface area contributed by atoms with Gasteiger partial charge in [-0.15, -0.1) is 0 Å². The zero-order chi connectivity index (χ0) is 20.3. The van der Waals surface area contributed by atoms with Gasteiger partial charge in [0.1, 0.15) is 6.10 Å². The van der Waals surface area contributed by atoms with Gasteiger partial charge in [-0.1, -0.05) is 6.07 Å². The van der Waals surface area contributed by atoms with Gasteiger partial charge in [-0.05, 0) is 51.0 Å². The average molecular weight is 408 g/mol. The molecule has 5 rings (SSSR count). The minimum Gasteiger partial charge on any atom is -0.474 e. The van der Waals surface area contributed by atoms with Crippen LogP contribution in [0.15, 0.2) is 28.1 Å². The number of aromatic amines is 1. The Bertz CT molecular complexity index is 993. The maximum Gasteiger partial charge on any atom is 0.255 e. The van der Waals surface area contributed by atoms with Gasteiger partial charge < -0.3 is 9.72 Å².